The van der Waals surface area contributed by atoms with Crippen molar-refractivity contribution in [3.8, 4) is 5.88 Å². The van der Waals surface area contributed by atoms with E-state index >= 15 is 0 Å². The van der Waals surface area contributed by atoms with Crippen LogP contribution >= 0.6 is 0 Å². The van der Waals surface area contributed by atoms with E-state index in [1.165, 1.54) is 0 Å². The lowest BCUT2D eigenvalue weighted by Gasteiger charge is -2.03. The van der Waals surface area contributed by atoms with E-state index in [4.69, 9.17) is 9.47 Å². The van der Waals surface area contributed by atoms with Crippen LogP contribution in [0.3, 0.4) is 0 Å². The van der Waals surface area contributed by atoms with Crippen molar-refractivity contribution in [1.82, 2.24) is 9.97 Å². The van der Waals surface area contributed by atoms with Crippen molar-refractivity contribution in [3.05, 3.63) is 17.6 Å². The average Bonchev–Trinajstić information content (AvgIpc) is 2.04. The molecule has 0 aliphatic rings. The Balaban J connectivity index is 2.90. The van der Waals surface area contributed by atoms with E-state index in [-0.39, 0.29) is 0 Å². The molecule has 0 saturated carbocycles. The third-order valence-corrected chi connectivity index (χ3v) is 1.36. The van der Waals surface area contributed by atoms with Crippen LogP contribution in [-0.4, -0.2) is 24.2 Å². The standard InChI is InChI=1S/C8H12N2O2/c1-6-4-8(12-3)10-7(9-6)5-11-2/h4H,5H2,1-3H3. The summed E-state index contributed by atoms with van der Waals surface area (Å²) >= 11 is 0. The van der Waals surface area contributed by atoms with Crippen molar-refractivity contribution in [1.29, 1.82) is 0 Å². The van der Waals surface area contributed by atoms with E-state index in [0.717, 1.165) is 5.69 Å². The molecule has 4 nitrogen and oxygen atoms in total. The quantitative estimate of drug-likeness (QED) is 0.673. The van der Waals surface area contributed by atoms with Crippen LogP contribution < -0.4 is 4.74 Å². The third kappa shape index (κ3) is 2.17. The molecule has 0 fully saturated rings. The van der Waals surface area contributed by atoms with Crippen LogP contribution in [-0.2, 0) is 11.3 Å². The first kappa shape index (κ1) is 8.93. The molecular weight excluding hydrogens is 156 g/mol. The molecule has 0 unspecified atom stereocenters. The predicted octanol–water partition coefficient (Wildman–Crippen LogP) is 0.940. The van der Waals surface area contributed by atoms with Crippen LogP contribution in [0.25, 0.3) is 0 Å². The van der Waals surface area contributed by atoms with E-state index in [1.807, 2.05) is 6.92 Å². The lowest BCUT2D eigenvalue weighted by molar-refractivity contribution is 0.176. The summed E-state index contributed by atoms with van der Waals surface area (Å²) in [5.74, 6) is 1.23. The molecule has 1 aromatic rings. The minimum absolute atomic E-state index is 0.415. The Labute approximate surface area is 71.6 Å². The number of aromatic nitrogens is 2. The monoisotopic (exact) mass is 168 g/mol. The lowest BCUT2D eigenvalue weighted by atomic mass is 10.4. The molecule has 1 heterocycles. The van der Waals surface area contributed by atoms with Gasteiger partial charge in [-0.3, -0.25) is 0 Å². The molecule has 0 amide bonds. The Bertz CT molecular complexity index is 263. The summed E-state index contributed by atoms with van der Waals surface area (Å²) in [6.07, 6.45) is 0. The molecule has 0 aliphatic heterocycles. The Hall–Kier alpha value is -1.16. The molecular formula is C8H12N2O2. The van der Waals surface area contributed by atoms with Gasteiger partial charge in [0, 0.05) is 18.9 Å². The van der Waals surface area contributed by atoms with Crippen LogP contribution in [0, 0.1) is 6.92 Å². The number of methoxy groups -OCH3 is 2. The van der Waals surface area contributed by atoms with Gasteiger partial charge in [0.05, 0.1) is 7.11 Å². The van der Waals surface area contributed by atoms with Gasteiger partial charge in [0.1, 0.15) is 6.61 Å². The fraction of sp³-hybridized carbons (Fsp3) is 0.500. The minimum Gasteiger partial charge on any atom is -0.481 e. The first-order chi connectivity index (χ1) is 5.76. The Morgan fingerprint density at radius 1 is 1.33 bits per heavy atom. The Morgan fingerprint density at radius 2 is 2.08 bits per heavy atom. The summed E-state index contributed by atoms with van der Waals surface area (Å²) in [6, 6.07) is 1.78. The normalized spacial score (nSPS) is 9.92. The maximum atomic E-state index is 4.98. The van der Waals surface area contributed by atoms with Gasteiger partial charge < -0.3 is 9.47 Å². The second-order valence-electron chi connectivity index (χ2n) is 2.40. The summed E-state index contributed by atoms with van der Waals surface area (Å²) in [5.41, 5.74) is 0.883. The minimum atomic E-state index is 0.415. The van der Waals surface area contributed by atoms with E-state index in [1.54, 1.807) is 20.3 Å². The van der Waals surface area contributed by atoms with Crippen molar-refractivity contribution in [2.45, 2.75) is 13.5 Å². The van der Waals surface area contributed by atoms with Crippen LogP contribution in [0.4, 0.5) is 0 Å². The fourth-order valence-electron chi connectivity index (χ4n) is 0.897. The molecule has 0 N–H and O–H groups in total. The Kier molecular flexibility index (Phi) is 2.99. The molecule has 1 aromatic heterocycles. The molecule has 12 heavy (non-hydrogen) atoms. The SMILES string of the molecule is COCc1nc(C)cc(OC)n1. The van der Waals surface area contributed by atoms with Gasteiger partial charge in [-0.2, -0.15) is 4.98 Å². The van der Waals surface area contributed by atoms with Gasteiger partial charge in [-0.15, -0.1) is 0 Å². The van der Waals surface area contributed by atoms with Gasteiger partial charge >= 0.3 is 0 Å². The first-order valence-corrected chi connectivity index (χ1v) is 3.63. The fourth-order valence-corrected chi connectivity index (χ4v) is 0.897. The second-order valence-corrected chi connectivity index (χ2v) is 2.40. The molecule has 0 aliphatic carbocycles. The number of ether oxygens (including phenoxy) is 2. The molecule has 0 spiro atoms. The molecule has 66 valence electrons. The van der Waals surface area contributed by atoms with Crippen molar-refractivity contribution in [2.24, 2.45) is 0 Å². The molecule has 0 atom stereocenters. The van der Waals surface area contributed by atoms with Gasteiger partial charge in [-0.05, 0) is 6.92 Å². The summed E-state index contributed by atoms with van der Waals surface area (Å²) in [6.45, 7) is 2.31. The van der Waals surface area contributed by atoms with Crippen molar-refractivity contribution in [3.63, 3.8) is 0 Å². The van der Waals surface area contributed by atoms with Crippen molar-refractivity contribution >= 4 is 0 Å². The molecule has 0 radical (unpaired) electrons. The smallest absolute Gasteiger partial charge is 0.216 e. The van der Waals surface area contributed by atoms with Gasteiger partial charge in [0.15, 0.2) is 5.82 Å². The highest BCUT2D eigenvalue weighted by molar-refractivity contribution is 5.14. The maximum absolute atomic E-state index is 4.98. The van der Waals surface area contributed by atoms with Crippen molar-refractivity contribution < 1.29 is 9.47 Å². The summed E-state index contributed by atoms with van der Waals surface area (Å²) in [4.78, 5) is 8.24. The zero-order chi connectivity index (χ0) is 8.97. The zero-order valence-corrected chi connectivity index (χ0v) is 7.50. The highest BCUT2D eigenvalue weighted by Crippen LogP contribution is 2.07. The average molecular weight is 168 g/mol. The van der Waals surface area contributed by atoms with Gasteiger partial charge in [0.2, 0.25) is 5.88 Å². The number of hydrogen-bond acceptors (Lipinski definition) is 4. The molecule has 4 heteroatoms. The van der Waals surface area contributed by atoms with Crippen molar-refractivity contribution in [2.75, 3.05) is 14.2 Å². The first-order valence-electron chi connectivity index (χ1n) is 3.63. The van der Waals surface area contributed by atoms with Crippen LogP contribution in [0.1, 0.15) is 11.5 Å². The van der Waals surface area contributed by atoms with E-state index in [9.17, 15) is 0 Å². The maximum Gasteiger partial charge on any atom is 0.216 e. The van der Waals surface area contributed by atoms with E-state index in [0.29, 0.717) is 18.3 Å². The Morgan fingerprint density at radius 3 is 2.67 bits per heavy atom. The number of rotatable bonds is 3. The summed E-state index contributed by atoms with van der Waals surface area (Å²) in [5, 5.41) is 0. The summed E-state index contributed by atoms with van der Waals surface area (Å²) < 4.78 is 9.88. The van der Waals surface area contributed by atoms with Crippen LogP contribution in [0.15, 0.2) is 6.07 Å². The number of aryl methyl sites for hydroxylation is 1. The van der Waals surface area contributed by atoms with Crippen LogP contribution in [0.5, 0.6) is 5.88 Å². The molecule has 1 rings (SSSR count). The van der Waals surface area contributed by atoms with E-state index < -0.39 is 0 Å². The van der Waals surface area contributed by atoms with E-state index in [2.05, 4.69) is 9.97 Å². The van der Waals surface area contributed by atoms with Gasteiger partial charge in [0.25, 0.3) is 0 Å². The highest BCUT2D eigenvalue weighted by atomic mass is 16.5. The summed E-state index contributed by atoms with van der Waals surface area (Å²) in [7, 11) is 3.19. The van der Waals surface area contributed by atoms with Crippen LogP contribution in [0.2, 0.25) is 0 Å². The van der Waals surface area contributed by atoms with Gasteiger partial charge in [-0.1, -0.05) is 0 Å². The highest BCUT2D eigenvalue weighted by Gasteiger charge is 2.00. The lowest BCUT2D eigenvalue weighted by Crippen LogP contribution is -2.00. The molecule has 0 bridgehead atoms. The molecule has 0 aromatic carbocycles. The zero-order valence-electron chi connectivity index (χ0n) is 7.50. The molecule has 0 saturated heterocycles. The number of nitrogens with zero attached hydrogens (tertiary/aromatic N) is 2. The predicted molar refractivity (Wildman–Crippen MR) is 44.0 cm³/mol. The second kappa shape index (κ2) is 4.01. The topological polar surface area (TPSA) is 44.2 Å². The largest absolute Gasteiger partial charge is 0.481 e. The third-order valence-electron chi connectivity index (χ3n) is 1.36. The number of hydrogen-bond donors (Lipinski definition) is 0. The van der Waals surface area contributed by atoms with Gasteiger partial charge in [-0.25, -0.2) is 4.98 Å².